The van der Waals surface area contributed by atoms with Crippen molar-refractivity contribution in [1.29, 1.82) is 0 Å². The van der Waals surface area contributed by atoms with Gasteiger partial charge in [-0.05, 0) is 13.3 Å². The van der Waals surface area contributed by atoms with Crippen LogP contribution >= 0.6 is 0 Å². The smallest absolute Gasteiger partial charge is 0.268 e. The molecule has 0 saturated heterocycles. The second-order valence-electron chi connectivity index (χ2n) is 4.04. The minimum Gasteiger partial charge on any atom is -0.382 e. The first kappa shape index (κ1) is 14.7. The van der Waals surface area contributed by atoms with Crippen LogP contribution in [0.5, 0.6) is 0 Å². The number of hydrogen-bond donors (Lipinski definition) is 1. The molecule has 6 heteroatoms. The van der Waals surface area contributed by atoms with E-state index in [1.54, 1.807) is 12.3 Å². The number of aromatic nitrogens is 2. The van der Waals surface area contributed by atoms with E-state index >= 15 is 0 Å². The van der Waals surface area contributed by atoms with Crippen molar-refractivity contribution < 1.29 is 4.74 Å². The maximum atomic E-state index is 11.8. The van der Waals surface area contributed by atoms with Gasteiger partial charge in [0.05, 0.1) is 11.9 Å². The monoisotopic (exact) mass is 254 g/mol. The lowest BCUT2D eigenvalue weighted by molar-refractivity contribution is 0.140. The van der Waals surface area contributed by atoms with Crippen LogP contribution in [0.25, 0.3) is 0 Å². The molecule has 18 heavy (non-hydrogen) atoms. The number of hydrogen-bond acceptors (Lipinski definition) is 5. The van der Waals surface area contributed by atoms with Gasteiger partial charge in [-0.2, -0.15) is 5.10 Å². The molecule has 0 fully saturated rings. The van der Waals surface area contributed by atoms with E-state index in [1.807, 2.05) is 18.9 Å². The molecule has 0 aliphatic carbocycles. The molecule has 1 rings (SSSR count). The van der Waals surface area contributed by atoms with Gasteiger partial charge in [0.25, 0.3) is 5.56 Å². The first-order chi connectivity index (χ1) is 8.69. The minimum absolute atomic E-state index is 0.0899. The fraction of sp³-hybridized carbons (Fsp3) is 0.667. The van der Waals surface area contributed by atoms with E-state index < -0.39 is 0 Å². The first-order valence-corrected chi connectivity index (χ1v) is 6.25. The van der Waals surface area contributed by atoms with Gasteiger partial charge in [0, 0.05) is 46.0 Å². The molecule has 1 aromatic rings. The van der Waals surface area contributed by atoms with Crippen molar-refractivity contribution in [3.63, 3.8) is 0 Å². The van der Waals surface area contributed by atoms with Crippen LogP contribution in [0.4, 0.5) is 5.69 Å². The number of nitrogens with two attached hydrogens (primary N) is 1. The molecule has 102 valence electrons. The van der Waals surface area contributed by atoms with Crippen LogP contribution < -0.4 is 16.2 Å². The van der Waals surface area contributed by atoms with E-state index in [0.29, 0.717) is 32.8 Å². The lowest BCUT2D eigenvalue weighted by Gasteiger charge is -2.17. The van der Waals surface area contributed by atoms with Crippen molar-refractivity contribution in [1.82, 2.24) is 9.78 Å². The second-order valence-corrected chi connectivity index (χ2v) is 4.04. The summed E-state index contributed by atoms with van der Waals surface area (Å²) in [6.07, 6.45) is 2.48. The molecule has 0 saturated carbocycles. The Morgan fingerprint density at radius 1 is 1.56 bits per heavy atom. The Bertz CT molecular complexity index is 405. The van der Waals surface area contributed by atoms with Crippen LogP contribution in [0.15, 0.2) is 17.1 Å². The van der Waals surface area contributed by atoms with Crippen LogP contribution in [-0.4, -0.2) is 43.1 Å². The highest BCUT2D eigenvalue weighted by molar-refractivity contribution is 5.41. The minimum atomic E-state index is -0.0899. The third-order valence-corrected chi connectivity index (χ3v) is 2.62. The van der Waals surface area contributed by atoms with Gasteiger partial charge in [0.1, 0.15) is 0 Å². The highest BCUT2D eigenvalue weighted by atomic mass is 16.5. The van der Waals surface area contributed by atoms with Gasteiger partial charge in [-0.3, -0.25) is 4.79 Å². The maximum absolute atomic E-state index is 11.8. The molecule has 6 nitrogen and oxygen atoms in total. The SMILES string of the molecule is CCOCCCn1ncc(N(C)CCN)cc1=O. The summed E-state index contributed by atoms with van der Waals surface area (Å²) in [5, 5.41) is 4.15. The zero-order valence-corrected chi connectivity index (χ0v) is 11.1. The highest BCUT2D eigenvalue weighted by Gasteiger charge is 2.03. The molecule has 0 aliphatic rings. The number of rotatable bonds is 8. The van der Waals surface area contributed by atoms with Gasteiger partial charge in [-0.15, -0.1) is 0 Å². The third-order valence-electron chi connectivity index (χ3n) is 2.62. The zero-order valence-electron chi connectivity index (χ0n) is 11.1. The summed E-state index contributed by atoms with van der Waals surface area (Å²) in [5.74, 6) is 0. The lowest BCUT2D eigenvalue weighted by Crippen LogP contribution is -2.29. The Labute approximate surface area is 107 Å². The Morgan fingerprint density at radius 3 is 2.94 bits per heavy atom. The van der Waals surface area contributed by atoms with Gasteiger partial charge in [-0.1, -0.05) is 0 Å². The third kappa shape index (κ3) is 4.46. The van der Waals surface area contributed by atoms with E-state index in [9.17, 15) is 4.79 Å². The van der Waals surface area contributed by atoms with Crippen molar-refractivity contribution in [2.24, 2.45) is 5.73 Å². The average Bonchev–Trinajstić information content (AvgIpc) is 2.36. The van der Waals surface area contributed by atoms with Crippen LogP contribution in [0.1, 0.15) is 13.3 Å². The Kier molecular flexibility index (Phi) is 6.38. The highest BCUT2D eigenvalue weighted by Crippen LogP contribution is 2.05. The van der Waals surface area contributed by atoms with Crippen molar-refractivity contribution in [3.05, 3.63) is 22.6 Å². The second kappa shape index (κ2) is 7.84. The van der Waals surface area contributed by atoms with E-state index in [2.05, 4.69) is 5.10 Å². The average molecular weight is 254 g/mol. The fourth-order valence-electron chi connectivity index (χ4n) is 1.58. The van der Waals surface area contributed by atoms with Gasteiger partial charge < -0.3 is 15.4 Å². The standard InChI is InChI=1S/C12H22N4O2/c1-3-18-8-4-6-16-12(17)9-11(10-14-16)15(2)7-5-13/h9-10H,3-8,13H2,1-2H3. The van der Waals surface area contributed by atoms with Crippen molar-refractivity contribution in [2.45, 2.75) is 19.9 Å². The summed E-state index contributed by atoms with van der Waals surface area (Å²) >= 11 is 0. The molecule has 1 aromatic heterocycles. The predicted molar refractivity (Wildman–Crippen MR) is 71.9 cm³/mol. The van der Waals surface area contributed by atoms with Crippen molar-refractivity contribution in [2.75, 3.05) is 38.3 Å². The fourth-order valence-corrected chi connectivity index (χ4v) is 1.58. The summed E-state index contributed by atoms with van der Waals surface area (Å²) in [6, 6.07) is 1.59. The molecule has 0 spiro atoms. The van der Waals surface area contributed by atoms with Gasteiger partial charge in [-0.25, -0.2) is 4.68 Å². The molecule has 0 unspecified atom stereocenters. The topological polar surface area (TPSA) is 73.4 Å². The first-order valence-electron chi connectivity index (χ1n) is 6.25. The molecule has 2 N–H and O–H groups in total. The molecule has 0 aliphatic heterocycles. The number of ether oxygens (including phenoxy) is 1. The summed E-state index contributed by atoms with van der Waals surface area (Å²) < 4.78 is 6.68. The number of likely N-dealkylation sites (N-methyl/N-ethyl adjacent to an activating group) is 1. The zero-order chi connectivity index (χ0) is 13.4. The Morgan fingerprint density at radius 2 is 2.33 bits per heavy atom. The van der Waals surface area contributed by atoms with E-state index in [0.717, 1.165) is 12.1 Å². The molecule has 0 aromatic carbocycles. The maximum Gasteiger partial charge on any atom is 0.268 e. The van der Waals surface area contributed by atoms with E-state index in [-0.39, 0.29) is 5.56 Å². The summed E-state index contributed by atoms with van der Waals surface area (Å²) in [5.41, 5.74) is 6.18. The van der Waals surface area contributed by atoms with Gasteiger partial charge in [0.2, 0.25) is 0 Å². The molecule has 0 bridgehead atoms. The Balaban J connectivity index is 2.59. The normalized spacial score (nSPS) is 10.6. The molecular formula is C12H22N4O2. The van der Waals surface area contributed by atoms with Crippen molar-refractivity contribution >= 4 is 5.69 Å². The van der Waals surface area contributed by atoms with Gasteiger partial charge in [0.15, 0.2) is 0 Å². The summed E-state index contributed by atoms with van der Waals surface area (Å²) in [6.45, 7) is 5.14. The number of aryl methyl sites for hydroxylation is 1. The van der Waals surface area contributed by atoms with Crippen LogP contribution in [-0.2, 0) is 11.3 Å². The Hall–Kier alpha value is -1.40. The largest absolute Gasteiger partial charge is 0.382 e. The number of anilines is 1. The molecule has 0 amide bonds. The molecular weight excluding hydrogens is 232 g/mol. The van der Waals surface area contributed by atoms with E-state index in [4.69, 9.17) is 10.5 Å². The predicted octanol–water partition coefficient (Wildman–Crippen LogP) is 0.0648. The quantitative estimate of drug-likeness (QED) is 0.664. The van der Waals surface area contributed by atoms with Crippen molar-refractivity contribution in [3.8, 4) is 0 Å². The molecule has 0 radical (unpaired) electrons. The summed E-state index contributed by atoms with van der Waals surface area (Å²) in [7, 11) is 1.89. The molecule has 0 atom stereocenters. The number of nitrogens with zero attached hydrogens (tertiary/aromatic N) is 3. The van der Waals surface area contributed by atoms with Crippen LogP contribution in [0, 0.1) is 0 Å². The van der Waals surface area contributed by atoms with Crippen LogP contribution in [0.3, 0.4) is 0 Å². The van der Waals surface area contributed by atoms with E-state index in [1.165, 1.54) is 4.68 Å². The molecule has 1 heterocycles. The van der Waals surface area contributed by atoms with Crippen LogP contribution in [0.2, 0.25) is 0 Å². The summed E-state index contributed by atoms with van der Waals surface area (Å²) in [4.78, 5) is 13.7. The van der Waals surface area contributed by atoms with Gasteiger partial charge >= 0.3 is 0 Å². The lowest BCUT2D eigenvalue weighted by atomic mass is 10.4.